The smallest absolute Gasteiger partial charge is 0.416 e. The third kappa shape index (κ3) is 10.3. The second-order valence-electron chi connectivity index (χ2n) is 9.31. The Morgan fingerprint density at radius 1 is 1.09 bits per heavy atom. The van der Waals surface area contributed by atoms with Gasteiger partial charge in [-0.05, 0) is 54.9 Å². The highest BCUT2D eigenvalue weighted by Gasteiger charge is 2.30. The number of rotatable bonds is 9. The Kier molecular flexibility index (Phi) is 10.4. The van der Waals surface area contributed by atoms with Gasteiger partial charge in [0.1, 0.15) is 11.2 Å². The van der Waals surface area contributed by atoms with Crippen molar-refractivity contribution in [3.8, 4) is 0 Å². The van der Waals surface area contributed by atoms with Crippen molar-refractivity contribution in [3.63, 3.8) is 0 Å². The Morgan fingerprint density at radius 3 is 2.25 bits per heavy atom. The van der Waals surface area contributed by atoms with Gasteiger partial charge < -0.3 is 19.5 Å². The topological polar surface area (TPSA) is 107 Å². The molecule has 0 aliphatic rings. The fourth-order valence-corrected chi connectivity index (χ4v) is 3.38. The van der Waals surface area contributed by atoms with E-state index in [1.807, 2.05) is 6.92 Å². The van der Waals surface area contributed by atoms with Gasteiger partial charge in [-0.25, -0.2) is 19.4 Å². The maximum atomic E-state index is 13.0. The van der Waals surface area contributed by atoms with Gasteiger partial charge in [0.15, 0.2) is 10.8 Å². The molecule has 1 aromatic rings. The number of unbranched alkanes of at least 4 members (excludes halogenated alkanes) is 1. The van der Waals surface area contributed by atoms with Gasteiger partial charge in [-0.1, -0.05) is 19.8 Å². The van der Waals surface area contributed by atoms with Gasteiger partial charge in [-0.15, -0.1) is 11.3 Å². The number of amides is 2. The first-order valence-electron chi connectivity index (χ1n) is 10.9. The first kappa shape index (κ1) is 27.7. The van der Waals surface area contributed by atoms with Gasteiger partial charge in [0, 0.05) is 5.38 Å². The van der Waals surface area contributed by atoms with Crippen molar-refractivity contribution in [3.05, 3.63) is 11.1 Å². The Bertz CT molecular complexity index is 766. The zero-order valence-corrected chi connectivity index (χ0v) is 21.3. The van der Waals surface area contributed by atoms with E-state index in [2.05, 4.69) is 10.3 Å². The zero-order valence-electron chi connectivity index (χ0n) is 20.4. The van der Waals surface area contributed by atoms with Crippen LogP contribution in [0.15, 0.2) is 5.38 Å². The lowest BCUT2D eigenvalue weighted by atomic mass is 10.1. The third-order valence-electron chi connectivity index (χ3n) is 3.85. The Labute approximate surface area is 194 Å². The summed E-state index contributed by atoms with van der Waals surface area (Å²) in [7, 11) is 0. The Balaban J connectivity index is 3.15. The van der Waals surface area contributed by atoms with E-state index >= 15 is 0 Å². The molecule has 1 aromatic heterocycles. The summed E-state index contributed by atoms with van der Waals surface area (Å²) in [6, 6.07) is -0.396. The van der Waals surface area contributed by atoms with Crippen LogP contribution in [0.5, 0.6) is 0 Å². The molecule has 2 amide bonds. The summed E-state index contributed by atoms with van der Waals surface area (Å²) in [4.78, 5) is 43.0. The van der Waals surface area contributed by atoms with Crippen molar-refractivity contribution >= 4 is 34.6 Å². The van der Waals surface area contributed by atoms with Gasteiger partial charge in [0.2, 0.25) is 0 Å². The summed E-state index contributed by atoms with van der Waals surface area (Å²) in [5.74, 6) is -0.562. The molecule has 0 spiro atoms. The number of nitrogens with one attached hydrogen (secondary N) is 1. The molecule has 0 aliphatic heterocycles. The summed E-state index contributed by atoms with van der Waals surface area (Å²) in [6.45, 7) is 14.7. The van der Waals surface area contributed by atoms with E-state index in [-0.39, 0.29) is 24.0 Å². The standard InChI is InChI=1S/C22H37N3O6S/c1-9-11-12-15(23-19(27)30-21(3,4)5)13-25(20(28)31-22(6,7)8)18-24-16(14-32-18)17(26)29-10-2/h14-15H,9-13H2,1-8H3,(H,23,27)/t15-/m1/s1. The highest BCUT2D eigenvalue weighted by Crippen LogP contribution is 2.24. The predicted octanol–water partition coefficient (Wildman–Crippen LogP) is 5.14. The van der Waals surface area contributed by atoms with Crippen molar-refractivity contribution in [2.75, 3.05) is 18.1 Å². The van der Waals surface area contributed by atoms with Crippen LogP contribution in [0, 0.1) is 0 Å². The second kappa shape index (κ2) is 12.0. The van der Waals surface area contributed by atoms with Gasteiger partial charge >= 0.3 is 18.2 Å². The lowest BCUT2D eigenvalue weighted by Gasteiger charge is -2.30. The molecule has 1 N–H and O–H groups in total. The number of carbonyl (C=O) groups is 3. The van der Waals surface area contributed by atoms with Crippen molar-refractivity contribution in [2.45, 2.75) is 91.9 Å². The molecule has 1 rings (SSSR count). The number of anilines is 1. The van der Waals surface area contributed by atoms with Crippen LogP contribution in [0.3, 0.4) is 0 Å². The van der Waals surface area contributed by atoms with Crippen LogP contribution in [0.1, 0.15) is 85.1 Å². The SMILES string of the molecule is CCCC[C@H](CN(C(=O)OC(C)(C)C)c1nc(C(=O)OCC)cs1)NC(=O)OC(C)(C)C. The van der Waals surface area contributed by atoms with Crippen molar-refractivity contribution in [1.82, 2.24) is 10.3 Å². The van der Waals surface area contributed by atoms with E-state index in [0.717, 1.165) is 24.2 Å². The molecule has 182 valence electrons. The largest absolute Gasteiger partial charge is 0.461 e. The van der Waals surface area contributed by atoms with E-state index < -0.39 is 35.4 Å². The van der Waals surface area contributed by atoms with Gasteiger partial charge in [0.25, 0.3) is 0 Å². The minimum absolute atomic E-state index is 0.115. The Morgan fingerprint density at radius 2 is 1.72 bits per heavy atom. The minimum atomic E-state index is -0.728. The van der Waals surface area contributed by atoms with Crippen LogP contribution in [0.2, 0.25) is 0 Å². The second-order valence-corrected chi connectivity index (χ2v) is 10.1. The normalized spacial score (nSPS) is 12.6. The van der Waals surface area contributed by atoms with E-state index in [4.69, 9.17) is 14.2 Å². The molecule has 1 heterocycles. The molecule has 0 radical (unpaired) electrons. The van der Waals surface area contributed by atoms with Crippen molar-refractivity contribution in [2.24, 2.45) is 0 Å². The van der Waals surface area contributed by atoms with E-state index in [1.54, 1.807) is 48.5 Å². The monoisotopic (exact) mass is 471 g/mol. The van der Waals surface area contributed by atoms with E-state index in [1.165, 1.54) is 10.3 Å². The number of ether oxygens (including phenoxy) is 3. The summed E-state index contributed by atoms with van der Waals surface area (Å²) in [6.07, 6.45) is 1.21. The molecule has 0 saturated heterocycles. The van der Waals surface area contributed by atoms with Crippen LogP contribution in [0.4, 0.5) is 14.7 Å². The summed E-state index contributed by atoms with van der Waals surface area (Å²) in [5.41, 5.74) is -1.26. The first-order valence-corrected chi connectivity index (χ1v) is 11.8. The number of thiazole rings is 1. The molecule has 0 saturated carbocycles. The number of aromatic nitrogens is 1. The molecule has 9 nitrogen and oxygen atoms in total. The molecule has 0 unspecified atom stereocenters. The number of nitrogens with zero attached hydrogens (tertiary/aromatic N) is 2. The predicted molar refractivity (Wildman–Crippen MR) is 124 cm³/mol. The van der Waals surface area contributed by atoms with Gasteiger partial charge in [0.05, 0.1) is 19.2 Å². The average molecular weight is 472 g/mol. The summed E-state index contributed by atoms with van der Waals surface area (Å²) in [5, 5.41) is 4.67. The molecular formula is C22H37N3O6S. The van der Waals surface area contributed by atoms with Crippen molar-refractivity contribution in [1.29, 1.82) is 0 Å². The number of carbonyl (C=O) groups excluding carboxylic acids is 3. The van der Waals surface area contributed by atoms with Crippen molar-refractivity contribution < 1.29 is 28.6 Å². The molecule has 10 heteroatoms. The number of hydrogen-bond acceptors (Lipinski definition) is 8. The lowest BCUT2D eigenvalue weighted by molar-refractivity contribution is 0.0483. The molecule has 0 aliphatic carbocycles. The first-order chi connectivity index (χ1) is 14.8. The quantitative estimate of drug-likeness (QED) is 0.392. The zero-order chi connectivity index (χ0) is 24.5. The highest BCUT2D eigenvalue weighted by molar-refractivity contribution is 7.14. The molecular weight excluding hydrogens is 434 g/mol. The maximum Gasteiger partial charge on any atom is 0.416 e. The number of alkyl carbamates (subject to hydrolysis) is 1. The van der Waals surface area contributed by atoms with Crippen LogP contribution in [0.25, 0.3) is 0 Å². The Hall–Kier alpha value is -2.36. The number of esters is 1. The third-order valence-corrected chi connectivity index (χ3v) is 4.71. The maximum absolute atomic E-state index is 13.0. The van der Waals surface area contributed by atoms with Crippen LogP contribution in [-0.2, 0) is 14.2 Å². The molecule has 0 bridgehead atoms. The molecule has 1 atom stereocenters. The minimum Gasteiger partial charge on any atom is -0.461 e. The average Bonchev–Trinajstić information content (AvgIpc) is 3.10. The van der Waals surface area contributed by atoms with Gasteiger partial charge in [-0.2, -0.15) is 0 Å². The van der Waals surface area contributed by atoms with Gasteiger partial charge in [-0.3, -0.25) is 4.90 Å². The molecule has 0 aromatic carbocycles. The summed E-state index contributed by atoms with van der Waals surface area (Å²) >= 11 is 1.13. The number of hydrogen-bond donors (Lipinski definition) is 1. The molecule has 32 heavy (non-hydrogen) atoms. The summed E-state index contributed by atoms with van der Waals surface area (Å²) < 4.78 is 15.9. The van der Waals surface area contributed by atoms with E-state index in [9.17, 15) is 14.4 Å². The molecule has 0 fully saturated rings. The van der Waals surface area contributed by atoms with Crippen LogP contribution in [-0.4, -0.2) is 53.5 Å². The van der Waals surface area contributed by atoms with E-state index in [0.29, 0.717) is 6.42 Å². The highest BCUT2D eigenvalue weighted by atomic mass is 32.1. The fourth-order valence-electron chi connectivity index (χ4n) is 2.59. The lowest BCUT2D eigenvalue weighted by Crippen LogP contribution is -2.48. The van der Waals surface area contributed by atoms with Crippen LogP contribution >= 0.6 is 11.3 Å². The fraction of sp³-hybridized carbons (Fsp3) is 0.727. The van der Waals surface area contributed by atoms with Crippen LogP contribution < -0.4 is 10.2 Å².